The van der Waals surface area contributed by atoms with Crippen molar-refractivity contribution in [2.45, 2.75) is 13.0 Å². The van der Waals surface area contributed by atoms with Gasteiger partial charge in [-0.05, 0) is 31.7 Å². The highest BCUT2D eigenvalue weighted by atomic mass is 16.5. The number of carbonyl (C=O) groups is 1. The molecule has 1 aromatic carbocycles. The molecule has 0 bridgehead atoms. The summed E-state index contributed by atoms with van der Waals surface area (Å²) in [6.45, 7) is 3.03. The zero-order valence-corrected chi connectivity index (χ0v) is 11.7. The van der Waals surface area contributed by atoms with Crippen molar-refractivity contribution >= 4 is 11.6 Å². The van der Waals surface area contributed by atoms with Crippen LogP contribution in [-0.2, 0) is 14.3 Å². The smallest absolute Gasteiger partial charge is 0.250 e. The van der Waals surface area contributed by atoms with E-state index in [9.17, 15) is 4.79 Å². The van der Waals surface area contributed by atoms with E-state index < -0.39 is 0 Å². The maximum Gasteiger partial charge on any atom is 0.250 e. The van der Waals surface area contributed by atoms with Gasteiger partial charge in [0.2, 0.25) is 5.91 Å². The molecule has 106 valence electrons. The lowest BCUT2D eigenvalue weighted by Crippen LogP contribution is -2.19. The highest BCUT2D eigenvalue weighted by molar-refractivity contribution is 5.91. The number of benzene rings is 1. The maximum atomic E-state index is 11.6. The first kappa shape index (κ1) is 15.6. The highest BCUT2D eigenvalue weighted by Crippen LogP contribution is 2.15. The van der Waals surface area contributed by atoms with Gasteiger partial charge in [0.25, 0.3) is 0 Å². The van der Waals surface area contributed by atoms with Crippen LogP contribution in [0.5, 0.6) is 0 Å². The van der Waals surface area contributed by atoms with Gasteiger partial charge in [-0.15, -0.1) is 0 Å². The summed E-state index contributed by atoms with van der Waals surface area (Å²) in [6.07, 6.45) is 0. The summed E-state index contributed by atoms with van der Waals surface area (Å²) >= 11 is 0. The molecule has 0 spiro atoms. The summed E-state index contributed by atoms with van der Waals surface area (Å²) in [5, 5.41) is 5.94. The van der Waals surface area contributed by atoms with Crippen molar-refractivity contribution in [3.05, 3.63) is 29.8 Å². The van der Waals surface area contributed by atoms with Crippen LogP contribution in [0.4, 0.5) is 5.69 Å². The average molecular weight is 266 g/mol. The normalized spacial score (nSPS) is 12.2. The SMILES string of the molecule is CNC(C)c1ccc(NC(=O)COCCOC)cc1. The molecule has 0 fully saturated rings. The molecule has 19 heavy (non-hydrogen) atoms. The van der Waals surface area contributed by atoms with E-state index in [0.717, 1.165) is 5.69 Å². The number of amides is 1. The van der Waals surface area contributed by atoms with E-state index in [-0.39, 0.29) is 12.5 Å². The number of methoxy groups -OCH3 is 1. The fourth-order valence-corrected chi connectivity index (χ4v) is 1.53. The predicted octanol–water partition coefficient (Wildman–Crippen LogP) is 1.57. The van der Waals surface area contributed by atoms with Crippen LogP contribution in [-0.4, -0.2) is 39.9 Å². The van der Waals surface area contributed by atoms with Gasteiger partial charge in [-0.2, -0.15) is 0 Å². The molecule has 0 aliphatic carbocycles. The predicted molar refractivity (Wildman–Crippen MR) is 75.2 cm³/mol. The minimum Gasteiger partial charge on any atom is -0.382 e. The third kappa shape index (κ3) is 5.83. The Bertz CT molecular complexity index is 379. The molecule has 0 aliphatic rings. The molecule has 1 rings (SSSR count). The fourth-order valence-electron chi connectivity index (χ4n) is 1.53. The first-order valence-corrected chi connectivity index (χ1v) is 6.31. The number of hydrogen-bond donors (Lipinski definition) is 2. The van der Waals surface area contributed by atoms with Crippen molar-refractivity contribution in [1.29, 1.82) is 0 Å². The lowest BCUT2D eigenvalue weighted by molar-refractivity contribution is -0.121. The van der Waals surface area contributed by atoms with Gasteiger partial charge >= 0.3 is 0 Å². The van der Waals surface area contributed by atoms with Crippen molar-refractivity contribution in [3.8, 4) is 0 Å². The number of nitrogens with one attached hydrogen (secondary N) is 2. The van der Waals surface area contributed by atoms with Crippen LogP contribution in [0.1, 0.15) is 18.5 Å². The molecular weight excluding hydrogens is 244 g/mol. The standard InChI is InChI=1S/C14H22N2O3/c1-11(15-2)12-4-6-13(7-5-12)16-14(17)10-19-9-8-18-3/h4-7,11,15H,8-10H2,1-3H3,(H,16,17). The second kappa shape index (κ2) is 8.63. The minimum absolute atomic E-state index is 0.0397. The van der Waals surface area contributed by atoms with Crippen molar-refractivity contribution in [2.24, 2.45) is 0 Å². The third-order valence-corrected chi connectivity index (χ3v) is 2.79. The first-order valence-electron chi connectivity index (χ1n) is 6.31. The number of ether oxygens (including phenoxy) is 2. The van der Waals surface area contributed by atoms with E-state index in [4.69, 9.17) is 9.47 Å². The zero-order chi connectivity index (χ0) is 14.1. The second-order valence-corrected chi connectivity index (χ2v) is 4.23. The molecule has 0 saturated heterocycles. The van der Waals surface area contributed by atoms with Crippen LogP contribution >= 0.6 is 0 Å². The van der Waals surface area contributed by atoms with E-state index >= 15 is 0 Å². The molecular formula is C14H22N2O3. The molecule has 1 atom stereocenters. The summed E-state index contributed by atoms with van der Waals surface area (Å²) in [6, 6.07) is 8.04. The molecule has 0 aliphatic heterocycles. The van der Waals surface area contributed by atoms with Gasteiger partial charge in [-0.1, -0.05) is 12.1 Å². The van der Waals surface area contributed by atoms with Crippen molar-refractivity contribution in [2.75, 3.05) is 39.3 Å². The Hall–Kier alpha value is -1.43. The van der Waals surface area contributed by atoms with Gasteiger partial charge in [0.1, 0.15) is 6.61 Å². The molecule has 1 amide bonds. The lowest BCUT2D eigenvalue weighted by atomic mass is 10.1. The molecule has 1 unspecified atom stereocenters. The van der Waals surface area contributed by atoms with Crippen LogP contribution in [0, 0.1) is 0 Å². The Morgan fingerprint density at radius 3 is 2.53 bits per heavy atom. The van der Waals surface area contributed by atoms with Crippen molar-refractivity contribution in [3.63, 3.8) is 0 Å². The van der Waals surface area contributed by atoms with Crippen molar-refractivity contribution < 1.29 is 14.3 Å². The number of anilines is 1. The molecule has 0 radical (unpaired) electrons. The van der Waals surface area contributed by atoms with Crippen LogP contribution in [0.15, 0.2) is 24.3 Å². The van der Waals surface area contributed by atoms with Gasteiger partial charge in [0.15, 0.2) is 0 Å². The fraction of sp³-hybridized carbons (Fsp3) is 0.500. The Morgan fingerprint density at radius 1 is 1.26 bits per heavy atom. The topological polar surface area (TPSA) is 59.6 Å². The Morgan fingerprint density at radius 2 is 1.95 bits per heavy atom. The quantitative estimate of drug-likeness (QED) is 0.701. The largest absolute Gasteiger partial charge is 0.382 e. The van der Waals surface area contributed by atoms with E-state index in [0.29, 0.717) is 19.3 Å². The summed E-state index contributed by atoms with van der Waals surface area (Å²) in [7, 11) is 3.51. The Labute approximate surface area is 114 Å². The third-order valence-electron chi connectivity index (χ3n) is 2.79. The zero-order valence-electron chi connectivity index (χ0n) is 11.7. The van der Waals surface area contributed by atoms with Gasteiger partial charge in [-0.25, -0.2) is 0 Å². The highest BCUT2D eigenvalue weighted by Gasteiger charge is 2.04. The van der Waals surface area contributed by atoms with E-state index in [1.54, 1.807) is 7.11 Å². The van der Waals surface area contributed by atoms with Gasteiger partial charge < -0.3 is 20.1 Å². The van der Waals surface area contributed by atoms with E-state index in [1.807, 2.05) is 31.3 Å². The molecule has 2 N–H and O–H groups in total. The van der Waals surface area contributed by atoms with Gasteiger partial charge in [0.05, 0.1) is 13.2 Å². The number of rotatable bonds is 8. The molecule has 0 aromatic heterocycles. The number of hydrogen-bond acceptors (Lipinski definition) is 4. The van der Waals surface area contributed by atoms with E-state index in [2.05, 4.69) is 17.6 Å². The minimum atomic E-state index is -0.162. The van der Waals surface area contributed by atoms with Crippen LogP contribution in [0.25, 0.3) is 0 Å². The first-order chi connectivity index (χ1) is 9.17. The van der Waals surface area contributed by atoms with Gasteiger partial charge in [0, 0.05) is 18.8 Å². The summed E-state index contributed by atoms with van der Waals surface area (Å²) in [4.78, 5) is 11.6. The maximum absolute atomic E-state index is 11.6. The van der Waals surface area contributed by atoms with Crippen LogP contribution in [0.2, 0.25) is 0 Å². The molecule has 5 nitrogen and oxygen atoms in total. The van der Waals surface area contributed by atoms with Crippen molar-refractivity contribution in [1.82, 2.24) is 5.32 Å². The van der Waals surface area contributed by atoms with Crippen LogP contribution < -0.4 is 10.6 Å². The molecule has 5 heteroatoms. The molecule has 1 aromatic rings. The Kier molecular flexibility index (Phi) is 7.10. The van der Waals surface area contributed by atoms with Crippen LogP contribution in [0.3, 0.4) is 0 Å². The second-order valence-electron chi connectivity index (χ2n) is 4.23. The average Bonchev–Trinajstić information content (AvgIpc) is 2.43. The summed E-state index contributed by atoms with van der Waals surface area (Å²) < 4.78 is 9.97. The Balaban J connectivity index is 2.38. The lowest BCUT2D eigenvalue weighted by Gasteiger charge is -2.11. The summed E-state index contributed by atoms with van der Waals surface area (Å²) in [5.41, 5.74) is 1.95. The monoisotopic (exact) mass is 266 g/mol. The van der Waals surface area contributed by atoms with E-state index in [1.165, 1.54) is 5.56 Å². The molecule has 0 heterocycles. The van der Waals surface area contributed by atoms with Gasteiger partial charge in [-0.3, -0.25) is 4.79 Å². The number of carbonyl (C=O) groups excluding carboxylic acids is 1. The molecule has 0 saturated carbocycles. The summed E-state index contributed by atoms with van der Waals surface area (Å²) in [5.74, 6) is -0.162.